The lowest BCUT2D eigenvalue weighted by molar-refractivity contribution is 0.146. The van der Waals surface area contributed by atoms with Crippen LogP contribution in [0.5, 0.6) is 0 Å². The van der Waals surface area contributed by atoms with Crippen molar-refractivity contribution in [1.82, 2.24) is 0 Å². The summed E-state index contributed by atoms with van der Waals surface area (Å²) < 4.78 is 19.6. The Hall–Kier alpha value is -1.41. The smallest absolute Gasteiger partial charge is 0.129 e. The van der Waals surface area contributed by atoms with Gasteiger partial charge in [0.15, 0.2) is 0 Å². The van der Waals surface area contributed by atoms with Gasteiger partial charge in [-0.15, -0.1) is 6.58 Å². The summed E-state index contributed by atoms with van der Waals surface area (Å²) in [4.78, 5) is 0. The fourth-order valence-electron chi connectivity index (χ4n) is 2.96. The van der Waals surface area contributed by atoms with Crippen molar-refractivity contribution < 1.29 is 9.13 Å². The molecule has 0 spiro atoms. The van der Waals surface area contributed by atoms with E-state index in [2.05, 4.69) is 18.7 Å². The third-order valence-electron chi connectivity index (χ3n) is 4.36. The molecule has 0 saturated heterocycles. The van der Waals surface area contributed by atoms with Crippen LogP contribution in [-0.2, 0) is 11.3 Å². The standard InChI is InChI=1S/C19H25FO/c1-3-5-12-21-14-18-11-10-17(13-19(18)20)16-8-6-15(4-2)7-9-16/h3-5,10-11,13,15-16H,2,6-9,12,14H2,1H3. The van der Waals surface area contributed by atoms with Crippen molar-refractivity contribution in [3.05, 3.63) is 60.0 Å². The Kier molecular flexibility index (Phi) is 6.19. The zero-order valence-corrected chi connectivity index (χ0v) is 12.9. The van der Waals surface area contributed by atoms with E-state index < -0.39 is 0 Å². The Balaban J connectivity index is 1.94. The van der Waals surface area contributed by atoms with Crippen molar-refractivity contribution in [3.8, 4) is 0 Å². The summed E-state index contributed by atoms with van der Waals surface area (Å²) in [5.41, 5.74) is 1.77. The third-order valence-corrected chi connectivity index (χ3v) is 4.36. The zero-order chi connectivity index (χ0) is 15.1. The van der Waals surface area contributed by atoms with Gasteiger partial charge in [-0.2, -0.15) is 0 Å². The van der Waals surface area contributed by atoms with Crippen LogP contribution in [0.15, 0.2) is 43.0 Å². The molecule has 1 aromatic rings. The SMILES string of the molecule is C=CC1CCC(c2ccc(COCC=CC)c(F)c2)CC1. The molecule has 1 aliphatic rings. The highest BCUT2D eigenvalue weighted by atomic mass is 19.1. The lowest BCUT2D eigenvalue weighted by Crippen LogP contribution is -2.12. The topological polar surface area (TPSA) is 9.23 Å². The second-order valence-electron chi connectivity index (χ2n) is 5.78. The van der Waals surface area contributed by atoms with E-state index >= 15 is 0 Å². The molecule has 1 nitrogen and oxygen atoms in total. The van der Waals surface area contributed by atoms with Crippen LogP contribution in [0, 0.1) is 11.7 Å². The van der Waals surface area contributed by atoms with E-state index in [1.807, 2.05) is 25.1 Å². The summed E-state index contributed by atoms with van der Waals surface area (Å²) in [5.74, 6) is 0.998. The van der Waals surface area contributed by atoms with Crippen molar-refractivity contribution in [2.75, 3.05) is 6.61 Å². The normalized spacial score (nSPS) is 22.6. The van der Waals surface area contributed by atoms with Crippen LogP contribution in [0.2, 0.25) is 0 Å². The van der Waals surface area contributed by atoms with Gasteiger partial charge < -0.3 is 4.74 Å². The summed E-state index contributed by atoms with van der Waals surface area (Å²) in [6, 6.07) is 5.64. The van der Waals surface area contributed by atoms with Crippen molar-refractivity contribution in [2.45, 2.75) is 45.1 Å². The van der Waals surface area contributed by atoms with Crippen molar-refractivity contribution >= 4 is 0 Å². The van der Waals surface area contributed by atoms with Crippen LogP contribution in [0.25, 0.3) is 0 Å². The largest absolute Gasteiger partial charge is 0.373 e. The molecular weight excluding hydrogens is 263 g/mol. The summed E-state index contributed by atoms with van der Waals surface area (Å²) in [6.07, 6.45) is 10.5. The Morgan fingerprint density at radius 3 is 2.67 bits per heavy atom. The number of benzene rings is 1. The maximum atomic E-state index is 14.1. The molecule has 0 aliphatic heterocycles. The van der Waals surface area contributed by atoms with Crippen molar-refractivity contribution in [2.24, 2.45) is 5.92 Å². The van der Waals surface area contributed by atoms with E-state index in [0.717, 1.165) is 18.4 Å². The molecule has 0 heterocycles. The van der Waals surface area contributed by atoms with Crippen molar-refractivity contribution in [3.63, 3.8) is 0 Å². The maximum absolute atomic E-state index is 14.1. The van der Waals surface area contributed by atoms with Gasteiger partial charge in [0.2, 0.25) is 0 Å². The predicted molar refractivity (Wildman–Crippen MR) is 85.8 cm³/mol. The fraction of sp³-hybridized carbons (Fsp3) is 0.474. The molecule has 0 N–H and O–H groups in total. The predicted octanol–water partition coefficient (Wildman–Crippen LogP) is 5.38. The van der Waals surface area contributed by atoms with Gasteiger partial charge in [0.05, 0.1) is 13.2 Å². The minimum Gasteiger partial charge on any atom is -0.373 e. The number of allylic oxidation sites excluding steroid dienone is 2. The highest BCUT2D eigenvalue weighted by Gasteiger charge is 2.21. The molecule has 2 rings (SSSR count). The van der Waals surface area contributed by atoms with E-state index in [9.17, 15) is 4.39 Å². The van der Waals surface area contributed by atoms with Crippen molar-refractivity contribution in [1.29, 1.82) is 0 Å². The summed E-state index contributed by atoms with van der Waals surface area (Å²) >= 11 is 0. The monoisotopic (exact) mass is 288 g/mol. The van der Waals surface area contributed by atoms with Gasteiger partial charge in [-0.05, 0) is 56.1 Å². The molecule has 1 aromatic carbocycles. The van der Waals surface area contributed by atoms with E-state index in [1.165, 1.54) is 12.8 Å². The van der Waals surface area contributed by atoms with Crippen LogP contribution < -0.4 is 0 Å². The molecule has 0 unspecified atom stereocenters. The Morgan fingerprint density at radius 2 is 2.05 bits per heavy atom. The molecule has 0 aromatic heterocycles. The fourth-order valence-corrected chi connectivity index (χ4v) is 2.96. The van der Waals surface area contributed by atoms with E-state index in [4.69, 9.17) is 4.74 Å². The zero-order valence-electron chi connectivity index (χ0n) is 12.9. The van der Waals surface area contributed by atoms with E-state index in [1.54, 1.807) is 6.07 Å². The molecule has 21 heavy (non-hydrogen) atoms. The Bertz CT molecular complexity index is 484. The number of hydrogen-bond acceptors (Lipinski definition) is 1. The first kappa shape index (κ1) is 16.0. The first-order valence-corrected chi connectivity index (χ1v) is 7.84. The lowest BCUT2D eigenvalue weighted by atomic mass is 9.78. The minimum atomic E-state index is -0.140. The first-order valence-electron chi connectivity index (χ1n) is 7.84. The molecule has 0 radical (unpaired) electrons. The average Bonchev–Trinajstić information content (AvgIpc) is 2.53. The highest BCUT2D eigenvalue weighted by molar-refractivity contribution is 5.27. The molecule has 0 atom stereocenters. The molecule has 1 saturated carbocycles. The van der Waals surface area contributed by atoms with Crippen LogP contribution in [0.1, 0.15) is 49.7 Å². The molecule has 2 heteroatoms. The molecule has 0 bridgehead atoms. The third kappa shape index (κ3) is 4.53. The lowest BCUT2D eigenvalue weighted by Gasteiger charge is -2.27. The molecule has 1 fully saturated rings. The van der Waals surface area contributed by atoms with Crippen LogP contribution in [0.4, 0.5) is 4.39 Å². The van der Waals surface area contributed by atoms with Gasteiger partial charge in [-0.3, -0.25) is 0 Å². The summed E-state index contributed by atoms with van der Waals surface area (Å²) in [6.45, 7) is 6.68. The minimum absolute atomic E-state index is 0.140. The Labute approximate surface area is 127 Å². The number of rotatable bonds is 6. The van der Waals surface area contributed by atoms with Crippen LogP contribution in [0.3, 0.4) is 0 Å². The molecular formula is C19H25FO. The summed E-state index contributed by atoms with van der Waals surface area (Å²) in [5, 5.41) is 0. The van der Waals surface area contributed by atoms with E-state index in [-0.39, 0.29) is 5.82 Å². The first-order chi connectivity index (χ1) is 10.2. The van der Waals surface area contributed by atoms with Gasteiger partial charge in [0.25, 0.3) is 0 Å². The molecule has 0 amide bonds. The quantitative estimate of drug-likeness (QED) is 0.504. The second-order valence-corrected chi connectivity index (χ2v) is 5.78. The Morgan fingerprint density at radius 1 is 1.29 bits per heavy atom. The van der Waals surface area contributed by atoms with Crippen LogP contribution in [-0.4, -0.2) is 6.61 Å². The molecule has 1 aliphatic carbocycles. The van der Waals surface area contributed by atoms with Gasteiger partial charge in [0.1, 0.15) is 5.82 Å². The van der Waals surface area contributed by atoms with E-state index in [0.29, 0.717) is 30.6 Å². The second kappa shape index (κ2) is 8.14. The highest BCUT2D eigenvalue weighted by Crippen LogP contribution is 2.36. The average molecular weight is 288 g/mol. The number of halogens is 1. The molecule has 114 valence electrons. The van der Waals surface area contributed by atoms with Crippen LogP contribution >= 0.6 is 0 Å². The van der Waals surface area contributed by atoms with Gasteiger partial charge in [-0.25, -0.2) is 4.39 Å². The number of hydrogen-bond donors (Lipinski definition) is 0. The summed E-state index contributed by atoms with van der Waals surface area (Å²) in [7, 11) is 0. The number of ether oxygens (including phenoxy) is 1. The van der Waals surface area contributed by atoms with Gasteiger partial charge >= 0.3 is 0 Å². The van der Waals surface area contributed by atoms with Gasteiger partial charge in [0, 0.05) is 5.56 Å². The van der Waals surface area contributed by atoms with Gasteiger partial charge in [-0.1, -0.05) is 30.4 Å². The maximum Gasteiger partial charge on any atom is 0.129 e.